The van der Waals surface area contributed by atoms with Crippen LogP contribution in [0.2, 0.25) is 0 Å². The Labute approximate surface area is 123 Å². The lowest BCUT2D eigenvalue weighted by molar-refractivity contribution is -0.386. The highest BCUT2D eigenvalue weighted by molar-refractivity contribution is 9.10. The van der Waals surface area contributed by atoms with Crippen molar-refractivity contribution >= 4 is 27.5 Å². The number of aryl methyl sites for hydroxylation is 1. The maximum absolute atomic E-state index is 11.9. The highest BCUT2D eigenvalue weighted by Gasteiger charge is 2.18. The summed E-state index contributed by atoms with van der Waals surface area (Å²) in [5.41, 5.74) is 1.88. The standard InChI is InChI=1S/C11H15BrN4O4/c1-7-8(16(19)20)6-15(11(18)10(7)12)5-3-2-4-9(17)14-13/h6H,2-5,13H2,1H3,(H,14,17). The third-order valence-corrected chi connectivity index (χ3v) is 3.78. The third kappa shape index (κ3) is 3.87. The van der Waals surface area contributed by atoms with E-state index in [0.717, 1.165) is 0 Å². The first-order chi connectivity index (χ1) is 9.38. The Hall–Kier alpha value is -1.74. The molecule has 0 aliphatic carbocycles. The zero-order valence-electron chi connectivity index (χ0n) is 10.9. The van der Waals surface area contributed by atoms with Crippen LogP contribution in [0.3, 0.4) is 0 Å². The Balaban J connectivity index is 2.83. The summed E-state index contributed by atoms with van der Waals surface area (Å²) in [6, 6.07) is 0. The van der Waals surface area contributed by atoms with Gasteiger partial charge in [0.2, 0.25) is 5.91 Å². The van der Waals surface area contributed by atoms with Gasteiger partial charge in [-0.1, -0.05) is 0 Å². The average Bonchev–Trinajstić information content (AvgIpc) is 2.42. The number of carbonyl (C=O) groups is 1. The van der Waals surface area contributed by atoms with Crippen LogP contribution in [-0.4, -0.2) is 15.4 Å². The number of halogens is 1. The van der Waals surface area contributed by atoms with Crippen molar-refractivity contribution in [1.29, 1.82) is 0 Å². The summed E-state index contributed by atoms with van der Waals surface area (Å²) in [6.45, 7) is 1.82. The van der Waals surface area contributed by atoms with E-state index in [1.54, 1.807) is 0 Å². The maximum Gasteiger partial charge on any atom is 0.289 e. The van der Waals surface area contributed by atoms with E-state index in [1.165, 1.54) is 17.7 Å². The zero-order valence-corrected chi connectivity index (χ0v) is 12.5. The van der Waals surface area contributed by atoms with E-state index in [2.05, 4.69) is 15.9 Å². The molecule has 110 valence electrons. The van der Waals surface area contributed by atoms with Crippen LogP contribution in [0.4, 0.5) is 5.69 Å². The van der Waals surface area contributed by atoms with Gasteiger partial charge in [0, 0.05) is 18.5 Å². The van der Waals surface area contributed by atoms with Gasteiger partial charge in [-0.3, -0.25) is 25.1 Å². The highest BCUT2D eigenvalue weighted by Crippen LogP contribution is 2.22. The Morgan fingerprint density at radius 1 is 1.55 bits per heavy atom. The smallest absolute Gasteiger partial charge is 0.289 e. The number of nitrogens with zero attached hydrogens (tertiary/aromatic N) is 2. The number of carbonyl (C=O) groups excluding carboxylic acids is 1. The number of rotatable bonds is 6. The van der Waals surface area contributed by atoms with E-state index in [1.807, 2.05) is 5.43 Å². The van der Waals surface area contributed by atoms with Crippen LogP contribution < -0.4 is 16.8 Å². The molecule has 0 bridgehead atoms. The molecular weight excluding hydrogens is 332 g/mol. The number of nitrogens with two attached hydrogens (primary N) is 1. The third-order valence-electron chi connectivity index (χ3n) is 2.85. The van der Waals surface area contributed by atoms with Crippen molar-refractivity contribution in [2.75, 3.05) is 0 Å². The van der Waals surface area contributed by atoms with Crippen LogP contribution in [0.15, 0.2) is 15.5 Å². The second kappa shape index (κ2) is 7.15. The van der Waals surface area contributed by atoms with Gasteiger partial charge in [0.15, 0.2) is 0 Å². The summed E-state index contributed by atoms with van der Waals surface area (Å²) in [7, 11) is 0. The molecule has 1 aromatic rings. The topological polar surface area (TPSA) is 120 Å². The van der Waals surface area contributed by atoms with Crippen molar-refractivity contribution in [1.82, 2.24) is 9.99 Å². The van der Waals surface area contributed by atoms with E-state index in [-0.39, 0.29) is 28.0 Å². The van der Waals surface area contributed by atoms with Gasteiger partial charge in [0.1, 0.15) is 0 Å². The highest BCUT2D eigenvalue weighted by atomic mass is 79.9. The van der Waals surface area contributed by atoms with Gasteiger partial charge < -0.3 is 4.57 Å². The van der Waals surface area contributed by atoms with Crippen LogP contribution in [0.25, 0.3) is 0 Å². The van der Waals surface area contributed by atoms with E-state index < -0.39 is 4.92 Å². The molecule has 20 heavy (non-hydrogen) atoms. The molecule has 0 saturated carbocycles. The molecule has 0 aliphatic heterocycles. The fourth-order valence-corrected chi connectivity index (χ4v) is 2.12. The number of hydrazine groups is 1. The van der Waals surface area contributed by atoms with Gasteiger partial charge in [-0.05, 0) is 35.7 Å². The van der Waals surface area contributed by atoms with Gasteiger partial charge in [-0.2, -0.15) is 0 Å². The number of aromatic nitrogens is 1. The first-order valence-electron chi connectivity index (χ1n) is 5.91. The minimum absolute atomic E-state index is 0.115. The molecule has 1 rings (SSSR count). The van der Waals surface area contributed by atoms with Crippen molar-refractivity contribution in [2.45, 2.75) is 32.7 Å². The number of unbranched alkanes of at least 4 members (excludes halogenated alkanes) is 1. The molecule has 0 aliphatic rings. The van der Waals surface area contributed by atoms with Gasteiger partial charge >= 0.3 is 0 Å². The fourth-order valence-electron chi connectivity index (χ4n) is 1.69. The van der Waals surface area contributed by atoms with Crippen LogP contribution in [0, 0.1) is 17.0 Å². The van der Waals surface area contributed by atoms with Crippen molar-refractivity contribution in [2.24, 2.45) is 5.84 Å². The summed E-state index contributed by atoms with van der Waals surface area (Å²) >= 11 is 3.07. The number of nitrogens with one attached hydrogen (secondary N) is 1. The summed E-state index contributed by atoms with van der Waals surface area (Å²) in [4.78, 5) is 33.2. The van der Waals surface area contributed by atoms with Crippen LogP contribution in [-0.2, 0) is 11.3 Å². The molecule has 1 amide bonds. The van der Waals surface area contributed by atoms with Gasteiger partial charge in [0.05, 0.1) is 15.6 Å². The van der Waals surface area contributed by atoms with Gasteiger partial charge in [0.25, 0.3) is 11.2 Å². The Kier molecular flexibility index (Phi) is 5.83. The second-order valence-electron chi connectivity index (χ2n) is 4.23. The minimum atomic E-state index is -0.530. The van der Waals surface area contributed by atoms with E-state index in [0.29, 0.717) is 24.9 Å². The molecular formula is C11H15BrN4O4. The maximum atomic E-state index is 11.9. The van der Waals surface area contributed by atoms with E-state index in [9.17, 15) is 19.7 Å². The molecule has 1 heterocycles. The quantitative estimate of drug-likeness (QED) is 0.261. The monoisotopic (exact) mass is 346 g/mol. The predicted molar refractivity (Wildman–Crippen MR) is 76.0 cm³/mol. The molecule has 0 unspecified atom stereocenters. The minimum Gasteiger partial charge on any atom is -0.308 e. The number of amides is 1. The molecule has 0 atom stereocenters. The molecule has 0 saturated heterocycles. The summed E-state index contributed by atoms with van der Waals surface area (Å²) in [5, 5.41) is 10.9. The number of hydrogen-bond donors (Lipinski definition) is 2. The first-order valence-corrected chi connectivity index (χ1v) is 6.71. The van der Waals surface area contributed by atoms with Crippen molar-refractivity contribution in [3.05, 3.63) is 36.7 Å². The number of nitro groups is 1. The van der Waals surface area contributed by atoms with Crippen molar-refractivity contribution in [3.8, 4) is 0 Å². The lowest BCUT2D eigenvalue weighted by atomic mass is 10.2. The van der Waals surface area contributed by atoms with Crippen molar-refractivity contribution in [3.63, 3.8) is 0 Å². The normalized spacial score (nSPS) is 10.3. The van der Waals surface area contributed by atoms with E-state index >= 15 is 0 Å². The first kappa shape index (κ1) is 16.3. The summed E-state index contributed by atoms with van der Waals surface area (Å²) in [6.07, 6.45) is 2.56. The van der Waals surface area contributed by atoms with E-state index in [4.69, 9.17) is 5.84 Å². The molecule has 3 N–H and O–H groups in total. The lowest BCUT2D eigenvalue weighted by Crippen LogP contribution is -2.29. The molecule has 8 nitrogen and oxygen atoms in total. The van der Waals surface area contributed by atoms with Crippen LogP contribution in [0.1, 0.15) is 24.8 Å². The Bertz CT molecular complexity index is 585. The van der Waals surface area contributed by atoms with Gasteiger partial charge in [-0.25, -0.2) is 5.84 Å². The molecule has 0 spiro atoms. The van der Waals surface area contributed by atoms with Crippen LogP contribution >= 0.6 is 15.9 Å². The van der Waals surface area contributed by atoms with Gasteiger partial charge in [-0.15, -0.1) is 0 Å². The second-order valence-corrected chi connectivity index (χ2v) is 5.03. The predicted octanol–water partition coefficient (Wildman–Crippen LogP) is 0.988. The largest absolute Gasteiger partial charge is 0.308 e. The molecule has 0 aromatic carbocycles. The SMILES string of the molecule is Cc1c([N+](=O)[O-])cn(CCCCC(=O)NN)c(=O)c1Br. The molecule has 0 radical (unpaired) electrons. The van der Waals surface area contributed by atoms with Crippen molar-refractivity contribution < 1.29 is 9.72 Å². The molecule has 1 aromatic heterocycles. The fraction of sp³-hybridized carbons (Fsp3) is 0.455. The Morgan fingerprint density at radius 2 is 2.20 bits per heavy atom. The van der Waals surface area contributed by atoms with Crippen LogP contribution in [0.5, 0.6) is 0 Å². The Morgan fingerprint density at radius 3 is 2.75 bits per heavy atom. The molecule has 0 fully saturated rings. The number of pyridine rings is 1. The molecule has 9 heteroatoms. The summed E-state index contributed by atoms with van der Waals surface area (Å²) < 4.78 is 1.46. The zero-order chi connectivity index (χ0) is 15.3. The summed E-state index contributed by atoms with van der Waals surface area (Å²) in [5.74, 6) is 4.66. The lowest BCUT2D eigenvalue weighted by Gasteiger charge is -2.08. The number of hydrogen-bond acceptors (Lipinski definition) is 5. The average molecular weight is 347 g/mol.